The summed E-state index contributed by atoms with van der Waals surface area (Å²) in [5.74, 6) is -1.25. The fourth-order valence-electron chi connectivity index (χ4n) is 5.66. The maximum Gasteiger partial charge on any atom is 1.00 e. The Balaban J connectivity index is 0.00000280. The predicted octanol–water partition coefficient (Wildman–Crippen LogP) is 2.10. The summed E-state index contributed by atoms with van der Waals surface area (Å²) >= 11 is 6.34. The SMILES string of the molecule is O=C([O-])CN1C(=O)/C(=C/c2ccc3c(c2)C2CCCC2N3c2ccc(-c3ccccc3)cc2)SC1=S.[K+]. The number of carbonyl (C=O) groups excluding carboxylic acids is 2. The molecule has 3 aromatic rings. The number of fused-ring (bicyclic) bond motifs is 3. The topological polar surface area (TPSA) is 63.7 Å². The van der Waals surface area contributed by atoms with Gasteiger partial charge in [-0.25, -0.2) is 0 Å². The molecule has 2 atom stereocenters. The molecule has 2 heterocycles. The molecule has 1 saturated heterocycles. The fourth-order valence-corrected chi connectivity index (χ4v) is 6.92. The number of benzene rings is 3. The van der Waals surface area contributed by atoms with Crippen LogP contribution in [0.4, 0.5) is 11.4 Å². The minimum atomic E-state index is -1.32. The molecular formula is C29H23KN2O3S2. The number of amides is 1. The Morgan fingerprint density at radius 2 is 1.76 bits per heavy atom. The van der Waals surface area contributed by atoms with Gasteiger partial charge < -0.3 is 14.8 Å². The molecule has 0 aromatic heterocycles. The third-order valence-corrected chi connectivity index (χ3v) is 8.61. The molecule has 0 spiro atoms. The number of hydrogen-bond donors (Lipinski definition) is 0. The van der Waals surface area contributed by atoms with E-state index in [0.29, 0.717) is 16.9 Å². The monoisotopic (exact) mass is 550 g/mol. The van der Waals surface area contributed by atoms with Crippen LogP contribution in [0.25, 0.3) is 17.2 Å². The molecular weight excluding hydrogens is 528 g/mol. The third kappa shape index (κ3) is 5.13. The van der Waals surface area contributed by atoms with Crippen molar-refractivity contribution in [1.29, 1.82) is 0 Å². The second-order valence-electron chi connectivity index (χ2n) is 9.35. The number of anilines is 2. The molecule has 0 N–H and O–H groups in total. The van der Waals surface area contributed by atoms with Crippen LogP contribution in [0, 0.1) is 0 Å². The van der Waals surface area contributed by atoms with E-state index in [9.17, 15) is 14.7 Å². The zero-order valence-electron chi connectivity index (χ0n) is 20.4. The Morgan fingerprint density at radius 1 is 1.03 bits per heavy atom. The van der Waals surface area contributed by atoms with E-state index in [4.69, 9.17) is 12.2 Å². The van der Waals surface area contributed by atoms with Crippen molar-refractivity contribution in [2.24, 2.45) is 0 Å². The smallest absolute Gasteiger partial charge is 0.548 e. The Morgan fingerprint density at radius 3 is 2.49 bits per heavy atom. The zero-order chi connectivity index (χ0) is 24.8. The fraction of sp³-hybridized carbons (Fsp3) is 0.207. The Bertz CT molecular complexity index is 1410. The van der Waals surface area contributed by atoms with Gasteiger partial charge in [0, 0.05) is 23.3 Å². The summed E-state index contributed by atoms with van der Waals surface area (Å²) in [4.78, 5) is 27.7. The average molecular weight is 551 g/mol. The zero-order valence-corrected chi connectivity index (χ0v) is 25.2. The quantitative estimate of drug-likeness (QED) is 0.276. The predicted molar refractivity (Wildman–Crippen MR) is 146 cm³/mol. The summed E-state index contributed by atoms with van der Waals surface area (Å²) < 4.78 is 0.248. The van der Waals surface area contributed by atoms with Crippen molar-refractivity contribution in [2.75, 3.05) is 11.4 Å². The number of thioether (sulfide) groups is 1. The summed E-state index contributed by atoms with van der Waals surface area (Å²) in [6.45, 7) is -0.520. The van der Waals surface area contributed by atoms with E-state index < -0.39 is 12.5 Å². The van der Waals surface area contributed by atoms with E-state index in [0.717, 1.165) is 35.1 Å². The Kier molecular flexibility index (Phi) is 8.07. The largest absolute Gasteiger partial charge is 1.00 e. The summed E-state index contributed by atoms with van der Waals surface area (Å²) in [6.07, 6.45) is 5.31. The molecule has 6 rings (SSSR count). The van der Waals surface area contributed by atoms with Gasteiger partial charge in [-0.05, 0) is 65.4 Å². The Hall–Kier alpha value is -1.78. The molecule has 5 nitrogen and oxygen atoms in total. The summed E-state index contributed by atoms with van der Waals surface area (Å²) in [6, 6.07) is 26.0. The number of thiocarbonyl (C=S) groups is 1. The van der Waals surface area contributed by atoms with Crippen LogP contribution in [0.15, 0.2) is 77.7 Å². The number of rotatable bonds is 5. The second-order valence-corrected chi connectivity index (χ2v) is 11.0. The van der Waals surface area contributed by atoms with Crippen LogP contribution < -0.4 is 61.4 Å². The molecule has 37 heavy (non-hydrogen) atoms. The van der Waals surface area contributed by atoms with Crippen LogP contribution in [0.1, 0.15) is 36.3 Å². The molecule has 2 aliphatic heterocycles. The van der Waals surface area contributed by atoms with E-state index in [1.54, 1.807) is 0 Å². The second kappa shape index (κ2) is 11.1. The molecule has 2 unspecified atom stereocenters. The van der Waals surface area contributed by atoms with Gasteiger partial charge in [0.05, 0.1) is 17.4 Å². The number of carboxylic acids is 1. The molecule has 1 amide bonds. The molecule has 3 aromatic carbocycles. The number of aliphatic carboxylic acids is 1. The number of hydrogen-bond acceptors (Lipinski definition) is 6. The van der Waals surface area contributed by atoms with Gasteiger partial charge in [0.25, 0.3) is 5.91 Å². The van der Waals surface area contributed by atoms with Crippen LogP contribution >= 0.6 is 24.0 Å². The first kappa shape index (κ1) is 26.8. The first-order valence-corrected chi connectivity index (χ1v) is 13.3. The summed E-state index contributed by atoms with van der Waals surface area (Å²) in [7, 11) is 0. The van der Waals surface area contributed by atoms with Gasteiger partial charge in [0.15, 0.2) is 0 Å². The van der Waals surface area contributed by atoms with Crippen LogP contribution in [0.2, 0.25) is 0 Å². The van der Waals surface area contributed by atoms with Crippen LogP contribution in [0.3, 0.4) is 0 Å². The summed E-state index contributed by atoms with van der Waals surface area (Å²) in [5.41, 5.74) is 7.06. The van der Waals surface area contributed by atoms with Crippen LogP contribution in [-0.2, 0) is 9.59 Å². The van der Waals surface area contributed by atoms with Gasteiger partial charge in [0.2, 0.25) is 0 Å². The van der Waals surface area contributed by atoms with Crippen molar-refractivity contribution < 1.29 is 66.1 Å². The Labute approximate surface area is 268 Å². The van der Waals surface area contributed by atoms with E-state index in [1.165, 1.54) is 34.5 Å². The molecule has 2 fully saturated rings. The maximum absolute atomic E-state index is 12.7. The normalized spacial score (nSPS) is 21.2. The number of nitrogens with zero attached hydrogens (tertiary/aromatic N) is 2. The summed E-state index contributed by atoms with van der Waals surface area (Å²) in [5, 5.41) is 11.0. The van der Waals surface area contributed by atoms with E-state index in [1.807, 2.05) is 18.2 Å². The average Bonchev–Trinajstić information content (AvgIpc) is 3.54. The van der Waals surface area contributed by atoms with Crippen molar-refractivity contribution >= 4 is 57.6 Å². The number of carbonyl (C=O) groups is 2. The van der Waals surface area contributed by atoms with E-state index >= 15 is 0 Å². The molecule has 180 valence electrons. The molecule has 3 aliphatic rings. The molecule has 8 heteroatoms. The van der Waals surface area contributed by atoms with Gasteiger partial charge in [-0.15, -0.1) is 0 Å². The van der Waals surface area contributed by atoms with Crippen molar-refractivity contribution in [3.05, 3.63) is 88.8 Å². The van der Waals surface area contributed by atoms with Crippen molar-refractivity contribution in [3.8, 4) is 11.1 Å². The van der Waals surface area contributed by atoms with Gasteiger partial charge >= 0.3 is 51.4 Å². The van der Waals surface area contributed by atoms with E-state index in [-0.39, 0.29) is 61.6 Å². The van der Waals surface area contributed by atoms with Crippen molar-refractivity contribution in [2.45, 2.75) is 31.2 Å². The molecule has 0 radical (unpaired) electrons. The first-order chi connectivity index (χ1) is 17.5. The minimum Gasteiger partial charge on any atom is -0.548 e. The third-order valence-electron chi connectivity index (χ3n) is 7.23. The van der Waals surface area contributed by atoms with Gasteiger partial charge in [-0.3, -0.25) is 9.69 Å². The van der Waals surface area contributed by atoms with Crippen LogP contribution in [0.5, 0.6) is 0 Å². The molecule has 1 saturated carbocycles. The van der Waals surface area contributed by atoms with Gasteiger partial charge in [-0.1, -0.05) is 78.9 Å². The van der Waals surface area contributed by atoms with Crippen LogP contribution in [-0.4, -0.2) is 33.7 Å². The standard InChI is InChI=1S/C29H24N2O3S2.K/c32-27(33)17-30-28(34)26(36-29(30)35)16-18-9-14-25-23(15-18)22-7-4-8-24(22)31(25)21-12-10-20(11-13-21)19-5-2-1-3-6-19;/h1-3,5-6,9-16,22,24H,4,7-8,17H2,(H,32,33);/q;+1/p-1/b26-16-;. The van der Waals surface area contributed by atoms with Crippen molar-refractivity contribution in [3.63, 3.8) is 0 Å². The minimum absolute atomic E-state index is 0. The van der Waals surface area contributed by atoms with E-state index in [2.05, 4.69) is 65.6 Å². The van der Waals surface area contributed by atoms with Crippen molar-refractivity contribution in [1.82, 2.24) is 4.90 Å². The van der Waals surface area contributed by atoms with Gasteiger partial charge in [0.1, 0.15) is 4.32 Å². The molecule has 0 bridgehead atoms. The number of carboxylic acid groups (broad SMARTS) is 1. The maximum atomic E-state index is 12.7. The van der Waals surface area contributed by atoms with Gasteiger partial charge in [-0.2, -0.15) is 0 Å². The first-order valence-electron chi connectivity index (χ1n) is 12.0. The molecule has 1 aliphatic carbocycles.